The molecular formula is C27H26N4O5. The van der Waals surface area contributed by atoms with Crippen molar-refractivity contribution < 1.29 is 24.2 Å². The first-order valence-corrected chi connectivity index (χ1v) is 11.7. The SMILES string of the molecule is CCOCC(O)Cn1cc(C2=C(c3c[nH]c4ccccc34)C(=O)NC2=O)c2cccc(NC(C)=O)c21. The van der Waals surface area contributed by atoms with Gasteiger partial charge in [0.25, 0.3) is 11.8 Å². The first-order chi connectivity index (χ1) is 17.4. The van der Waals surface area contributed by atoms with Crippen LogP contribution in [-0.2, 0) is 25.7 Å². The standard InChI is InChI=1S/C27H26N4O5/c1-3-36-14-16(33)12-31-13-20(18-8-6-10-22(25(18)31)29-15(2)32)24-23(26(34)30-27(24)35)19-11-28-21-9-5-4-7-17(19)21/h4-11,13,16,28,33H,3,12,14H2,1-2H3,(H,29,32)(H,30,34,35). The van der Waals surface area contributed by atoms with Crippen LogP contribution in [0.1, 0.15) is 25.0 Å². The van der Waals surface area contributed by atoms with Gasteiger partial charge in [-0.3, -0.25) is 19.7 Å². The van der Waals surface area contributed by atoms with E-state index in [1.165, 1.54) is 6.92 Å². The number of aromatic nitrogens is 2. The van der Waals surface area contributed by atoms with Crippen molar-refractivity contribution >= 4 is 56.4 Å². The number of ether oxygens (including phenoxy) is 1. The van der Waals surface area contributed by atoms with E-state index in [4.69, 9.17) is 4.74 Å². The Kier molecular flexibility index (Phi) is 6.17. The molecule has 9 heteroatoms. The molecule has 0 saturated heterocycles. The molecule has 0 aliphatic carbocycles. The van der Waals surface area contributed by atoms with E-state index in [0.29, 0.717) is 34.3 Å². The zero-order valence-corrected chi connectivity index (χ0v) is 19.9. The molecule has 0 saturated carbocycles. The Morgan fingerprint density at radius 1 is 1.06 bits per heavy atom. The first kappa shape index (κ1) is 23.5. The van der Waals surface area contributed by atoms with Gasteiger partial charge in [0.2, 0.25) is 5.91 Å². The third-order valence-electron chi connectivity index (χ3n) is 6.19. The number of imide groups is 1. The summed E-state index contributed by atoms with van der Waals surface area (Å²) in [6, 6.07) is 12.9. The average molecular weight is 487 g/mol. The number of hydrogen-bond donors (Lipinski definition) is 4. The number of nitrogens with zero attached hydrogens (tertiary/aromatic N) is 1. The second-order valence-corrected chi connectivity index (χ2v) is 8.67. The molecule has 2 aromatic heterocycles. The van der Waals surface area contributed by atoms with Gasteiger partial charge in [0, 0.05) is 53.3 Å². The summed E-state index contributed by atoms with van der Waals surface area (Å²) in [4.78, 5) is 41.3. The molecule has 36 heavy (non-hydrogen) atoms. The number of nitrogens with one attached hydrogen (secondary N) is 3. The van der Waals surface area contributed by atoms with Gasteiger partial charge in [-0.1, -0.05) is 30.3 Å². The summed E-state index contributed by atoms with van der Waals surface area (Å²) in [7, 11) is 0. The zero-order valence-electron chi connectivity index (χ0n) is 19.9. The number of aliphatic hydroxyl groups excluding tert-OH is 1. The van der Waals surface area contributed by atoms with E-state index in [-0.39, 0.29) is 30.2 Å². The largest absolute Gasteiger partial charge is 0.389 e. The Labute approximate surface area is 206 Å². The van der Waals surface area contributed by atoms with Crippen molar-refractivity contribution in [3.05, 3.63) is 66.0 Å². The normalized spacial score (nSPS) is 14.6. The molecule has 1 aliphatic rings. The lowest BCUT2D eigenvalue weighted by atomic mass is 9.95. The summed E-state index contributed by atoms with van der Waals surface area (Å²) in [5.74, 6) is -1.23. The van der Waals surface area contributed by atoms with Gasteiger partial charge in [-0.25, -0.2) is 0 Å². The highest BCUT2D eigenvalue weighted by Gasteiger charge is 2.35. The summed E-state index contributed by atoms with van der Waals surface area (Å²) in [5.41, 5.74) is 3.69. The van der Waals surface area contributed by atoms with Crippen molar-refractivity contribution in [1.82, 2.24) is 14.9 Å². The monoisotopic (exact) mass is 486 g/mol. The Bertz CT molecular complexity index is 1540. The molecule has 2 aromatic carbocycles. The lowest BCUT2D eigenvalue weighted by molar-refractivity contribution is -0.123. The minimum atomic E-state index is -0.820. The van der Waals surface area contributed by atoms with E-state index >= 15 is 0 Å². The van der Waals surface area contributed by atoms with Gasteiger partial charge < -0.3 is 24.7 Å². The number of carbonyl (C=O) groups excluding carboxylic acids is 3. The Hall–Kier alpha value is -4.21. The number of aromatic amines is 1. The lowest BCUT2D eigenvalue weighted by Gasteiger charge is -2.14. The Balaban J connectivity index is 1.75. The number of benzene rings is 2. The van der Waals surface area contributed by atoms with Crippen molar-refractivity contribution in [2.75, 3.05) is 18.5 Å². The van der Waals surface area contributed by atoms with Gasteiger partial charge >= 0.3 is 0 Å². The van der Waals surface area contributed by atoms with Gasteiger partial charge in [-0.05, 0) is 19.1 Å². The maximum absolute atomic E-state index is 13.2. The summed E-state index contributed by atoms with van der Waals surface area (Å²) < 4.78 is 7.15. The predicted molar refractivity (Wildman–Crippen MR) is 137 cm³/mol. The van der Waals surface area contributed by atoms with Crippen molar-refractivity contribution in [2.24, 2.45) is 0 Å². The molecule has 1 atom stereocenters. The Morgan fingerprint density at radius 3 is 2.53 bits per heavy atom. The molecule has 1 aliphatic heterocycles. The molecule has 0 radical (unpaired) electrons. The van der Waals surface area contributed by atoms with Crippen LogP contribution in [0.5, 0.6) is 0 Å². The highest BCUT2D eigenvalue weighted by Crippen LogP contribution is 2.39. The summed E-state index contributed by atoms with van der Waals surface area (Å²) >= 11 is 0. The van der Waals surface area contributed by atoms with Crippen molar-refractivity contribution in [2.45, 2.75) is 26.5 Å². The number of anilines is 1. The van der Waals surface area contributed by atoms with Gasteiger partial charge in [0.05, 0.1) is 41.6 Å². The molecule has 1 unspecified atom stereocenters. The third-order valence-corrected chi connectivity index (χ3v) is 6.19. The summed E-state index contributed by atoms with van der Waals surface area (Å²) in [6.07, 6.45) is 2.65. The van der Waals surface area contributed by atoms with Crippen LogP contribution in [0.3, 0.4) is 0 Å². The molecule has 0 fully saturated rings. The predicted octanol–water partition coefficient (Wildman–Crippen LogP) is 3.05. The second kappa shape index (κ2) is 9.44. The minimum absolute atomic E-state index is 0.135. The van der Waals surface area contributed by atoms with Crippen molar-refractivity contribution in [1.29, 1.82) is 0 Å². The summed E-state index contributed by atoms with van der Waals surface area (Å²) in [6.45, 7) is 4.03. The molecule has 0 spiro atoms. The fourth-order valence-corrected chi connectivity index (χ4v) is 4.78. The number of amides is 3. The molecule has 4 aromatic rings. The molecule has 3 amide bonds. The molecular weight excluding hydrogens is 460 g/mol. The van der Waals surface area contributed by atoms with Crippen LogP contribution in [0.25, 0.3) is 33.0 Å². The number of aliphatic hydroxyl groups is 1. The number of fused-ring (bicyclic) bond motifs is 2. The number of rotatable bonds is 8. The number of carbonyl (C=O) groups is 3. The van der Waals surface area contributed by atoms with Crippen LogP contribution in [0.15, 0.2) is 54.9 Å². The molecule has 3 heterocycles. The van der Waals surface area contributed by atoms with Crippen LogP contribution in [0, 0.1) is 0 Å². The highest BCUT2D eigenvalue weighted by atomic mass is 16.5. The van der Waals surface area contributed by atoms with Crippen LogP contribution in [0.4, 0.5) is 5.69 Å². The van der Waals surface area contributed by atoms with E-state index in [1.54, 1.807) is 29.1 Å². The Morgan fingerprint density at radius 2 is 1.78 bits per heavy atom. The highest BCUT2D eigenvalue weighted by molar-refractivity contribution is 6.50. The fourth-order valence-electron chi connectivity index (χ4n) is 4.78. The maximum atomic E-state index is 13.2. The fraction of sp³-hybridized carbons (Fsp3) is 0.222. The number of H-pyrrole nitrogens is 1. The molecule has 0 bridgehead atoms. The van der Waals surface area contributed by atoms with E-state index < -0.39 is 17.9 Å². The van der Waals surface area contributed by atoms with Crippen molar-refractivity contribution in [3.8, 4) is 0 Å². The van der Waals surface area contributed by atoms with Gasteiger partial charge in [-0.15, -0.1) is 0 Å². The van der Waals surface area contributed by atoms with Gasteiger partial charge in [0.1, 0.15) is 0 Å². The van der Waals surface area contributed by atoms with Gasteiger partial charge in [0.15, 0.2) is 0 Å². The molecule has 184 valence electrons. The zero-order chi connectivity index (χ0) is 25.4. The minimum Gasteiger partial charge on any atom is -0.389 e. The van der Waals surface area contributed by atoms with E-state index in [1.807, 2.05) is 37.3 Å². The molecule has 5 rings (SSSR count). The van der Waals surface area contributed by atoms with Crippen molar-refractivity contribution in [3.63, 3.8) is 0 Å². The van der Waals surface area contributed by atoms with E-state index in [2.05, 4.69) is 15.6 Å². The van der Waals surface area contributed by atoms with Crippen LogP contribution >= 0.6 is 0 Å². The number of hydrogen-bond acceptors (Lipinski definition) is 5. The third kappa shape index (κ3) is 4.08. The smallest absolute Gasteiger partial charge is 0.259 e. The second-order valence-electron chi connectivity index (χ2n) is 8.67. The topological polar surface area (TPSA) is 125 Å². The first-order valence-electron chi connectivity index (χ1n) is 11.7. The van der Waals surface area contributed by atoms with E-state index in [9.17, 15) is 19.5 Å². The summed E-state index contributed by atoms with van der Waals surface area (Å²) in [5, 5.41) is 17.3. The quantitative estimate of drug-likeness (QED) is 0.285. The lowest BCUT2D eigenvalue weighted by Crippen LogP contribution is -2.22. The molecule has 9 nitrogen and oxygen atoms in total. The van der Waals surface area contributed by atoms with E-state index in [0.717, 1.165) is 10.9 Å². The van der Waals surface area contributed by atoms with Crippen LogP contribution in [0.2, 0.25) is 0 Å². The van der Waals surface area contributed by atoms with Crippen LogP contribution < -0.4 is 10.6 Å². The van der Waals surface area contributed by atoms with Gasteiger partial charge in [-0.2, -0.15) is 0 Å². The number of para-hydroxylation sites is 2. The molecule has 4 N–H and O–H groups in total. The van der Waals surface area contributed by atoms with Crippen LogP contribution in [-0.4, -0.2) is 51.7 Å². The average Bonchev–Trinajstić information content (AvgIpc) is 3.50. The maximum Gasteiger partial charge on any atom is 0.259 e.